The number of halogens is 2. The number of amides is 1. The first-order chi connectivity index (χ1) is 8.25. The Morgan fingerprint density at radius 1 is 1.44 bits per heavy atom. The minimum Gasteiger partial charge on any atom is -0.479 e. The topological polar surface area (TPSA) is 98.5 Å². The SMILES string of the molecule is CNC(=O)COc1c(F)cc(F)cc1S(N)(=O)=O. The molecule has 0 spiro atoms. The number of benzene rings is 1. The van der Waals surface area contributed by atoms with Crippen molar-refractivity contribution in [3.8, 4) is 5.75 Å². The molecule has 0 aliphatic rings. The number of carbonyl (C=O) groups is 1. The summed E-state index contributed by atoms with van der Waals surface area (Å²) in [5.41, 5.74) is 0. The molecule has 0 aromatic heterocycles. The predicted molar refractivity (Wildman–Crippen MR) is 57.3 cm³/mol. The summed E-state index contributed by atoms with van der Waals surface area (Å²) in [6.45, 7) is -0.623. The van der Waals surface area contributed by atoms with Crippen LogP contribution in [0.5, 0.6) is 5.75 Å². The van der Waals surface area contributed by atoms with Crippen LogP contribution in [-0.4, -0.2) is 28.0 Å². The second kappa shape index (κ2) is 5.27. The first-order valence-corrected chi connectivity index (χ1v) is 6.15. The molecule has 1 rings (SSSR count). The quantitative estimate of drug-likeness (QED) is 0.793. The van der Waals surface area contributed by atoms with Crippen LogP contribution in [0.25, 0.3) is 0 Å². The smallest absolute Gasteiger partial charge is 0.257 e. The normalized spacial score (nSPS) is 11.1. The molecule has 0 unspecified atom stereocenters. The van der Waals surface area contributed by atoms with Crippen molar-refractivity contribution in [1.29, 1.82) is 0 Å². The van der Waals surface area contributed by atoms with E-state index in [-0.39, 0.29) is 0 Å². The second-order valence-electron chi connectivity index (χ2n) is 3.22. The van der Waals surface area contributed by atoms with Gasteiger partial charge in [0.2, 0.25) is 10.0 Å². The van der Waals surface area contributed by atoms with Gasteiger partial charge in [0.05, 0.1) is 0 Å². The van der Waals surface area contributed by atoms with Gasteiger partial charge in [-0.1, -0.05) is 0 Å². The molecular weight excluding hydrogens is 270 g/mol. The third-order valence-electron chi connectivity index (χ3n) is 1.91. The fourth-order valence-corrected chi connectivity index (χ4v) is 1.79. The molecule has 0 heterocycles. The van der Waals surface area contributed by atoms with Crippen molar-refractivity contribution >= 4 is 15.9 Å². The Balaban J connectivity index is 3.21. The maximum absolute atomic E-state index is 13.4. The minimum absolute atomic E-state index is 0.424. The number of hydrogen-bond donors (Lipinski definition) is 2. The van der Waals surface area contributed by atoms with Crippen molar-refractivity contribution in [3.63, 3.8) is 0 Å². The number of likely N-dealkylation sites (N-methyl/N-ethyl adjacent to an activating group) is 1. The van der Waals surface area contributed by atoms with Crippen molar-refractivity contribution in [1.82, 2.24) is 5.32 Å². The van der Waals surface area contributed by atoms with Crippen LogP contribution in [0.1, 0.15) is 0 Å². The van der Waals surface area contributed by atoms with Crippen LogP contribution in [0, 0.1) is 11.6 Å². The molecule has 0 bridgehead atoms. The first kappa shape index (κ1) is 14.3. The van der Waals surface area contributed by atoms with Gasteiger partial charge in [-0.2, -0.15) is 0 Å². The number of nitrogens with two attached hydrogens (primary N) is 1. The molecule has 3 N–H and O–H groups in total. The highest BCUT2D eigenvalue weighted by molar-refractivity contribution is 7.89. The molecule has 0 aliphatic heterocycles. The lowest BCUT2D eigenvalue weighted by atomic mass is 10.3. The highest BCUT2D eigenvalue weighted by Gasteiger charge is 2.21. The fraction of sp³-hybridized carbons (Fsp3) is 0.222. The fourth-order valence-electron chi connectivity index (χ4n) is 1.10. The zero-order chi connectivity index (χ0) is 13.9. The number of ether oxygens (including phenoxy) is 1. The highest BCUT2D eigenvalue weighted by Crippen LogP contribution is 2.27. The van der Waals surface area contributed by atoms with Crippen LogP contribution in [0.15, 0.2) is 17.0 Å². The van der Waals surface area contributed by atoms with Gasteiger partial charge in [-0.05, 0) is 6.07 Å². The van der Waals surface area contributed by atoms with Gasteiger partial charge in [0.15, 0.2) is 18.2 Å². The molecule has 1 aromatic rings. The van der Waals surface area contributed by atoms with Crippen LogP contribution >= 0.6 is 0 Å². The van der Waals surface area contributed by atoms with Crippen LogP contribution in [0.4, 0.5) is 8.78 Å². The van der Waals surface area contributed by atoms with Gasteiger partial charge in [0.25, 0.3) is 5.91 Å². The Labute approximate surface area is 102 Å². The molecule has 9 heteroatoms. The van der Waals surface area contributed by atoms with Gasteiger partial charge in [0.1, 0.15) is 10.7 Å². The van der Waals surface area contributed by atoms with E-state index in [2.05, 4.69) is 10.1 Å². The Morgan fingerprint density at radius 2 is 2.06 bits per heavy atom. The predicted octanol–water partition coefficient (Wildman–Crippen LogP) is -0.263. The average molecular weight is 280 g/mol. The largest absolute Gasteiger partial charge is 0.479 e. The van der Waals surface area contributed by atoms with Gasteiger partial charge in [-0.15, -0.1) is 0 Å². The molecule has 100 valence electrons. The van der Waals surface area contributed by atoms with Gasteiger partial charge < -0.3 is 10.1 Å². The summed E-state index contributed by atoms with van der Waals surface area (Å²) in [4.78, 5) is 10.1. The van der Waals surface area contributed by atoms with E-state index in [9.17, 15) is 22.0 Å². The summed E-state index contributed by atoms with van der Waals surface area (Å²) in [7, 11) is -3.06. The molecular formula is C9H10F2N2O4S. The molecule has 1 aromatic carbocycles. The minimum atomic E-state index is -4.37. The number of primary sulfonamides is 1. The van der Waals surface area contributed by atoms with E-state index in [4.69, 9.17) is 5.14 Å². The Kier molecular flexibility index (Phi) is 4.19. The van der Waals surface area contributed by atoms with Crippen LogP contribution in [0.3, 0.4) is 0 Å². The second-order valence-corrected chi connectivity index (χ2v) is 4.75. The van der Waals surface area contributed by atoms with E-state index in [1.54, 1.807) is 0 Å². The molecule has 0 saturated heterocycles. The lowest BCUT2D eigenvalue weighted by Crippen LogP contribution is -2.26. The summed E-state index contributed by atoms with van der Waals surface area (Å²) in [6.07, 6.45) is 0. The molecule has 0 saturated carbocycles. The summed E-state index contributed by atoms with van der Waals surface area (Å²) in [5, 5.41) is 6.98. The number of carbonyl (C=O) groups excluding carboxylic acids is 1. The Morgan fingerprint density at radius 3 is 2.56 bits per heavy atom. The van der Waals surface area contributed by atoms with E-state index >= 15 is 0 Å². The molecule has 0 fully saturated rings. The summed E-state index contributed by atoms with van der Waals surface area (Å²) in [6, 6.07) is 0.936. The zero-order valence-electron chi connectivity index (χ0n) is 9.24. The third-order valence-corrected chi connectivity index (χ3v) is 2.82. The van der Waals surface area contributed by atoms with Crippen molar-refractivity contribution in [3.05, 3.63) is 23.8 Å². The van der Waals surface area contributed by atoms with Gasteiger partial charge in [0, 0.05) is 13.1 Å². The van der Waals surface area contributed by atoms with Gasteiger partial charge in [-0.25, -0.2) is 22.3 Å². The molecule has 0 radical (unpaired) electrons. The van der Waals surface area contributed by atoms with Crippen molar-refractivity contribution in [2.24, 2.45) is 5.14 Å². The number of nitrogens with one attached hydrogen (secondary N) is 1. The van der Waals surface area contributed by atoms with Crippen molar-refractivity contribution in [2.45, 2.75) is 4.90 Å². The highest BCUT2D eigenvalue weighted by atomic mass is 32.2. The van der Waals surface area contributed by atoms with E-state index in [0.717, 1.165) is 0 Å². The van der Waals surface area contributed by atoms with Crippen LogP contribution in [0.2, 0.25) is 0 Å². The van der Waals surface area contributed by atoms with Crippen molar-refractivity contribution in [2.75, 3.05) is 13.7 Å². The van der Waals surface area contributed by atoms with Crippen LogP contribution < -0.4 is 15.2 Å². The summed E-state index contributed by atoms with van der Waals surface area (Å²) >= 11 is 0. The summed E-state index contributed by atoms with van der Waals surface area (Å²) in [5.74, 6) is -3.78. The maximum Gasteiger partial charge on any atom is 0.257 e. The molecule has 0 aliphatic carbocycles. The Hall–Kier alpha value is -1.74. The number of hydrogen-bond acceptors (Lipinski definition) is 4. The first-order valence-electron chi connectivity index (χ1n) is 4.61. The van der Waals surface area contributed by atoms with E-state index < -0.39 is 44.8 Å². The Bertz CT molecular complexity index is 574. The molecule has 18 heavy (non-hydrogen) atoms. The lowest BCUT2D eigenvalue weighted by Gasteiger charge is -2.10. The molecule has 1 amide bonds. The van der Waals surface area contributed by atoms with Crippen molar-refractivity contribution < 1.29 is 26.7 Å². The van der Waals surface area contributed by atoms with Crippen LogP contribution in [-0.2, 0) is 14.8 Å². The van der Waals surface area contributed by atoms with E-state index in [1.165, 1.54) is 7.05 Å². The molecule has 6 nitrogen and oxygen atoms in total. The van der Waals surface area contributed by atoms with E-state index in [1.807, 2.05) is 0 Å². The number of rotatable bonds is 4. The maximum atomic E-state index is 13.4. The molecule has 0 atom stereocenters. The van der Waals surface area contributed by atoms with Gasteiger partial charge in [-0.3, -0.25) is 4.79 Å². The third kappa shape index (κ3) is 3.37. The summed E-state index contributed by atoms with van der Waals surface area (Å²) < 4.78 is 53.2. The van der Waals surface area contributed by atoms with Gasteiger partial charge >= 0.3 is 0 Å². The standard InChI is InChI=1S/C9H10F2N2O4S/c1-13-8(14)4-17-9-6(11)2-5(10)3-7(9)18(12,15)16/h2-3H,4H2,1H3,(H,13,14)(H2,12,15,16). The van der Waals surface area contributed by atoms with E-state index in [0.29, 0.717) is 12.1 Å². The average Bonchev–Trinajstić information content (AvgIpc) is 2.25. The number of sulfonamides is 1. The lowest BCUT2D eigenvalue weighted by molar-refractivity contribution is -0.122. The zero-order valence-corrected chi connectivity index (χ0v) is 10.1. The monoisotopic (exact) mass is 280 g/mol.